The van der Waals surface area contributed by atoms with Gasteiger partial charge in [-0.25, -0.2) is 4.79 Å². The summed E-state index contributed by atoms with van der Waals surface area (Å²) in [5.74, 6) is -1.58. The number of benzene rings is 3. The van der Waals surface area contributed by atoms with Crippen LogP contribution in [0.2, 0.25) is 10.1 Å². The van der Waals surface area contributed by atoms with Gasteiger partial charge in [0.15, 0.2) is 0 Å². The molecule has 6 rings (SSSR count). The summed E-state index contributed by atoms with van der Waals surface area (Å²) >= 11 is 6.11. The lowest BCUT2D eigenvalue weighted by Gasteiger charge is -2.43. The van der Waals surface area contributed by atoms with Crippen molar-refractivity contribution >= 4 is 58.7 Å². The molecule has 3 atom stereocenters. The molecule has 0 radical (unpaired) electrons. The zero-order valence-electron chi connectivity index (χ0n) is 31.4. The van der Waals surface area contributed by atoms with Crippen LogP contribution in [0.4, 0.5) is 5.69 Å². The Hall–Kier alpha value is -5.08. The molecule has 55 heavy (non-hydrogen) atoms. The number of hydrogen-bond acceptors (Lipinski definition) is 8. The van der Waals surface area contributed by atoms with Gasteiger partial charge in [-0.3, -0.25) is 28.9 Å². The standard InChI is InChI=1S/C41H47ClN6O6Si/c1-27-25-48(40(52)47-37(27)49)36-24-34(35(54-36)26-53-55(41(2,3)4,29-13-7-5-8-14-29)30-15-9-6-10-16-30)46-39(51)38(50)45-21-12-11-20-43-32-19-22-44-33-23-28(42)17-18-31(32)33/h5-10,13-19,22-23,25,34-36H,11-12,20-21,24,26H2,1-4H3,(H,43,44)(H,45,50)(H,46,51)(H,47,49,52)/t34-,35-,36+/m0/s1. The Balaban J connectivity index is 1.14. The highest BCUT2D eigenvalue weighted by Gasteiger charge is 2.51. The van der Waals surface area contributed by atoms with Crippen molar-refractivity contribution in [2.75, 3.05) is 25.0 Å². The molecule has 0 aliphatic carbocycles. The summed E-state index contributed by atoms with van der Waals surface area (Å²) in [6, 6.07) is 27.1. The number of H-pyrrole nitrogens is 1. The minimum atomic E-state index is -3.00. The quantitative estimate of drug-likeness (QED) is 0.0779. The molecular formula is C41H47ClN6O6Si. The van der Waals surface area contributed by atoms with E-state index in [1.54, 1.807) is 13.1 Å². The maximum atomic E-state index is 13.4. The average Bonchev–Trinajstić information content (AvgIpc) is 3.56. The lowest BCUT2D eigenvalue weighted by molar-refractivity contribution is -0.140. The number of amides is 2. The van der Waals surface area contributed by atoms with Crippen LogP contribution in [0.25, 0.3) is 10.9 Å². The van der Waals surface area contributed by atoms with Gasteiger partial charge in [0.25, 0.3) is 13.9 Å². The number of pyridine rings is 1. The Labute approximate surface area is 325 Å². The molecule has 5 aromatic rings. The smallest absolute Gasteiger partial charge is 0.330 e. The van der Waals surface area contributed by atoms with E-state index in [1.807, 2.05) is 60.7 Å². The zero-order valence-corrected chi connectivity index (χ0v) is 33.2. The van der Waals surface area contributed by atoms with Crippen molar-refractivity contribution in [3.63, 3.8) is 0 Å². The van der Waals surface area contributed by atoms with Crippen molar-refractivity contribution in [3.05, 3.63) is 129 Å². The molecule has 1 fully saturated rings. The van der Waals surface area contributed by atoms with Crippen LogP contribution in [-0.4, -0.2) is 66.5 Å². The molecule has 1 aliphatic heterocycles. The van der Waals surface area contributed by atoms with Gasteiger partial charge >= 0.3 is 17.5 Å². The van der Waals surface area contributed by atoms with E-state index < -0.39 is 49.8 Å². The maximum Gasteiger partial charge on any atom is 0.330 e. The molecule has 0 unspecified atom stereocenters. The van der Waals surface area contributed by atoms with Crippen LogP contribution >= 0.6 is 11.6 Å². The number of aryl methyl sites for hydroxylation is 1. The van der Waals surface area contributed by atoms with E-state index in [0.717, 1.165) is 33.4 Å². The summed E-state index contributed by atoms with van der Waals surface area (Å²) < 4.78 is 14.9. The Bertz CT molecular complexity index is 2200. The lowest BCUT2D eigenvalue weighted by atomic mass is 10.1. The first-order valence-corrected chi connectivity index (χ1v) is 20.8. The van der Waals surface area contributed by atoms with Gasteiger partial charge in [-0.2, -0.15) is 0 Å². The number of nitrogens with zero attached hydrogens (tertiary/aromatic N) is 2. The number of carbonyl (C=O) groups excluding carboxylic acids is 2. The first-order valence-electron chi connectivity index (χ1n) is 18.5. The van der Waals surface area contributed by atoms with E-state index in [4.69, 9.17) is 20.8 Å². The van der Waals surface area contributed by atoms with Crippen LogP contribution in [0.3, 0.4) is 0 Å². The number of hydrogen-bond donors (Lipinski definition) is 4. The number of unbranched alkanes of at least 4 members (excludes halogenated alkanes) is 1. The SMILES string of the molecule is Cc1cn([C@H]2C[C@H](NC(=O)C(=O)NCCCCNc3ccnc4cc(Cl)ccc34)[C@H](CO[Si](c3ccccc3)(c3ccccc3)C(C)(C)C)O2)c(=O)[nH]c1=O. The Morgan fingerprint density at radius 3 is 2.31 bits per heavy atom. The molecule has 2 aromatic heterocycles. The summed E-state index contributed by atoms with van der Waals surface area (Å²) in [6.45, 7) is 9.12. The van der Waals surface area contributed by atoms with Crippen molar-refractivity contribution in [1.29, 1.82) is 0 Å². The van der Waals surface area contributed by atoms with Crippen LogP contribution in [0, 0.1) is 6.92 Å². The second-order valence-electron chi connectivity index (χ2n) is 14.8. The van der Waals surface area contributed by atoms with Gasteiger partial charge < -0.3 is 25.1 Å². The minimum Gasteiger partial charge on any atom is -0.405 e. The molecule has 4 N–H and O–H groups in total. The fraction of sp³-hybridized carbons (Fsp3) is 0.341. The molecule has 3 aromatic carbocycles. The highest BCUT2D eigenvalue weighted by Crippen LogP contribution is 2.38. The van der Waals surface area contributed by atoms with Gasteiger partial charge in [0, 0.05) is 53.6 Å². The van der Waals surface area contributed by atoms with Gasteiger partial charge in [-0.05, 0) is 59.4 Å². The molecule has 2 amide bonds. The molecule has 14 heteroatoms. The molecule has 3 heterocycles. The fourth-order valence-corrected chi connectivity index (χ4v) is 12.0. The number of halogens is 1. The predicted molar refractivity (Wildman–Crippen MR) is 218 cm³/mol. The predicted octanol–water partition coefficient (Wildman–Crippen LogP) is 4.40. The summed E-state index contributed by atoms with van der Waals surface area (Å²) in [4.78, 5) is 58.2. The van der Waals surface area contributed by atoms with Crippen molar-refractivity contribution in [2.24, 2.45) is 0 Å². The Kier molecular flexibility index (Phi) is 12.4. The van der Waals surface area contributed by atoms with E-state index in [-0.39, 0.29) is 18.1 Å². The van der Waals surface area contributed by atoms with E-state index in [0.29, 0.717) is 30.1 Å². The summed E-state index contributed by atoms with van der Waals surface area (Å²) in [5.41, 5.74) is 0.957. The van der Waals surface area contributed by atoms with E-state index in [9.17, 15) is 19.2 Å². The van der Waals surface area contributed by atoms with Gasteiger partial charge in [0.2, 0.25) is 0 Å². The molecule has 1 saturated heterocycles. The normalized spacial score (nSPS) is 17.2. The van der Waals surface area contributed by atoms with E-state index in [2.05, 4.69) is 71.0 Å². The van der Waals surface area contributed by atoms with Crippen LogP contribution in [0.15, 0.2) is 107 Å². The second kappa shape index (κ2) is 17.2. The zero-order chi connectivity index (χ0) is 39.2. The molecule has 0 bridgehead atoms. The summed E-state index contributed by atoms with van der Waals surface area (Å²) in [6.07, 6.45) is 3.17. The first-order chi connectivity index (χ1) is 26.4. The van der Waals surface area contributed by atoms with Crippen LogP contribution in [0.1, 0.15) is 51.8 Å². The van der Waals surface area contributed by atoms with Crippen LogP contribution in [0.5, 0.6) is 0 Å². The van der Waals surface area contributed by atoms with Gasteiger partial charge in [0.05, 0.1) is 18.2 Å². The third-order valence-corrected chi connectivity index (χ3v) is 15.2. The number of carbonyl (C=O) groups is 2. The molecule has 0 saturated carbocycles. The number of nitrogens with one attached hydrogen (secondary N) is 4. The number of fused-ring (bicyclic) bond motifs is 1. The van der Waals surface area contributed by atoms with Crippen molar-refractivity contribution in [2.45, 2.75) is 70.4 Å². The topological polar surface area (TPSA) is 156 Å². The third-order valence-electron chi connectivity index (χ3n) is 10.0. The largest absolute Gasteiger partial charge is 0.405 e. The summed E-state index contributed by atoms with van der Waals surface area (Å²) in [5, 5.41) is 12.4. The highest BCUT2D eigenvalue weighted by atomic mass is 35.5. The van der Waals surface area contributed by atoms with Crippen molar-refractivity contribution in [3.8, 4) is 0 Å². The highest BCUT2D eigenvalue weighted by molar-refractivity contribution is 6.99. The minimum absolute atomic E-state index is 0.0697. The molecule has 12 nitrogen and oxygen atoms in total. The Morgan fingerprint density at radius 1 is 0.964 bits per heavy atom. The lowest BCUT2D eigenvalue weighted by Crippen LogP contribution is -2.67. The summed E-state index contributed by atoms with van der Waals surface area (Å²) in [7, 11) is -3.00. The number of ether oxygens (including phenoxy) is 1. The Morgan fingerprint density at radius 2 is 1.64 bits per heavy atom. The van der Waals surface area contributed by atoms with E-state index >= 15 is 0 Å². The average molecular weight is 783 g/mol. The fourth-order valence-electron chi connectivity index (χ4n) is 7.24. The third kappa shape index (κ3) is 8.91. The first kappa shape index (κ1) is 39.6. The van der Waals surface area contributed by atoms with Gasteiger partial charge in [-0.1, -0.05) is 93.0 Å². The second-order valence-corrected chi connectivity index (χ2v) is 19.5. The number of aromatic nitrogens is 3. The van der Waals surface area contributed by atoms with Crippen LogP contribution < -0.4 is 37.6 Å². The number of anilines is 1. The van der Waals surface area contributed by atoms with Crippen LogP contribution in [-0.2, 0) is 18.8 Å². The number of rotatable bonds is 13. The van der Waals surface area contributed by atoms with E-state index in [1.165, 1.54) is 10.8 Å². The van der Waals surface area contributed by atoms with Gasteiger partial charge in [0.1, 0.15) is 12.3 Å². The van der Waals surface area contributed by atoms with Crippen molar-refractivity contribution in [1.82, 2.24) is 25.2 Å². The molecule has 1 aliphatic rings. The molecule has 288 valence electrons. The number of aromatic amines is 1. The van der Waals surface area contributed by atoms with Crippen molar-refractivity contribution < 1.29 is 18.8 Å². The monoisotopic (exact) mass is 782 g/mol. The molecule has 0 spiro atoms. The molecular weight excluding hydrogens is 736 g/mol. The maximum absolute atomic E-state index is 13.4. The van der Waals surface area contributed by atoms with Gasteiger partial charge in [-0.15, -0.1) is 0 Å².